The minimum atomic E-state index is -0.680. The van der Waals surface area contributed by atoms with E-state index in [4.69, 9.17) is 10.5 Å². The molecule has 172 valence electrons. The van der Waals surface area contributed by atoms with Gasteiger partial charge in [0.2, 0.25) is 5.91 Å². The normalized spacial score (nSPS) is 10.6. The van der Waals surface area contributed by atoms with Gasteiger partial charge in [0.1, 0.15) is 10.8 Å². The minimum absolute atomic E-state index is 0.0179. The lowest BCUT2D eigenvalue weighted by Crippen LogP contribution is -2.16. The predicted molar refractivity (Wildman–Crippen MR) is 128 cm³/mol. The Labute approximate surface area is 199 Å². The number of benzene rings is 1. The molecular formula is C22H23N5O4S2. The number of carbonyl (C=O) groups excluding carboxylic acids is 3. The summed E-state index contributed by atoms with van der Waals surface area (Å²) in [7, 11) is 1.23. The second kappa shape index (κ2) is 10.9. The lowest BCUT2D eigenvalue weighted by atomic mass is 10.1. The lowest BCUT2D eigenvalue weighted by molar-refractivity contribution is -0.113. The van der Waals surface area contributed by atoms with E-state index >= 15 is 0 Å². The second-order valence-corrected chi connectivity index (χ2v) is 8.88. The number of rotatable bonds is 10. The van der Waals surface area contributed by atoms with E-state index in [2.05, 4.69) is 22.1 Å². The molecule has 33 heavy (non-hydrogen) atoms. The van der Waals surface area contributed by atoms with Crippen molar-refractivity contribution in [3.8, 4) is 0 Å². The van der Waals surface area contributed by atoms with Crippen LogP contribution in [0.3, 0.4) is 0 Å². The Morgan fingerprint density at radius 3 is 2.64 bits per heavy atom. The zero-order valence-corrected chi connectivity index (χ0v) is 19.8. The summed E-state index contributed by atoms with van der Waals surface area (Å²) >= 11 is 2.15. The van der Waals surface area contributed by atoms with Crippen LogP contribution >= 0.6 is 23.1 Å². The third kappa shape index (κ3) is 5.68. The smallest absolute Gasteiger partial charge is 0.341 e. The number of thioether (sulfide) groups is 1. The molecule has 0 bridgehead atoms. The van der Waals surface area contributed by atoms with Gasteiger partial charge in [-0.15, -0.1) is 28.1 Å². The number of ether oxygens (including phenoxy) is 1. The molecule has 0 aliphatic heterocycles. The molecule has 0 aliphatic rings. The molecule has 2 heterocycles. The number of primary amides is 1. The third-order valence-corrected chi connectivity index (χ3v) is 6.84. The fourth-order valence-electron chi connectivity index (χ4n) is 3.12. The Hall–Kier alpha value is -3.44. The van der Waals surface area contributed by atoms with E-state index < -0.39 is 11.9 Å². The number of esters is 1. The highest BCUT2D eigenvalue weighted by molar-refractivity contribution is 7.99. The van der Waals surface area contributed by atoms with Crippen molar-refractivity contribution in [3.05, 3.63) is 70.4 Å². The molecule has 0 spiro atoms. The molecule has 0 fully saturated rings. The number of aromatic nitrogens is 3. The van der Waals surface area contributed by atoms with Crippen LogP contribution < -0.4 is 11.1 Å². The van der Waals surface area contributed by atoms with E-state index in [1.54, 1.807) is 13.0 Å². The van der Waals surface area contributed by atoms with Crippen molar-refractivity contribution >= 4 is 45.9 Å². The number of carbonyl (C=O) groups is 3. The van der Waals surface area contributed by atoms with Crippen LogP contribution in [-0.4, -0.2) is 45.4 Å². The number of nitrogens with one attached hydrogen (secondary N) is 1. The Morgan fingerprint density at radius 1 is 1.27 bits per heavy atom. The van der Waals surface area contributed by atoms with Gasteiger partial charge in [-0.25, -0.2) is 4.79 Å². The number of allylic oxidation sites excluding steroid dienone is 1. The van der Waals surface area contributed by atoms with Crippen LogP contribution in [0.2, 0.25) is 0 Å². The molecule has 0 unspecified atom stereocenters. The molecule has 9 nitrogen and oxygen atoms in total. The maximum atomic E-state index is 12.6. The highest BCUT2D eigenvalue weighted by Crippen LogP contribution is 2.33. The van der Waals surface area contributed by atoms with E-state index in [9.17, 15) is 14.4 Å². The van der Waals surface area contributed by atoms with Crippen molar-refractivity contribution in [2.45, 2.75) is 25.0 Å². The van der Waals surface area contributed by atoms with Crippen LogP contribution in [0.1, 0.15) is 37.0 Å². The zero-order chi connectivity index (χ0) is 24.0. The van der Waals surface area contributed by atoms with E-state index in [1.165, 1.54) is 18.9 Å². The predicted octanol–water partition coefficient (Wildman–Crippen LogP) is 3.04. The molecule has 0 atom stereocenters. The van der Waals surface area contributed by atoms with Gasteiger partial charge >= 0.3 is 5.97 Å². The summed E-state index contributed by atoms with van der Waals surface area (Å²) in [6.07, 6.45) is 2.34. The number of methoxy groups -OCH3 is 1. The lowest BCUT2D eigenvalue weighted by Gasteiger charge is -2.08. The van der Waals surface area contributed by atoms with Crippen LogP contribution in [0.25, 0.3) is 0 Å². The maximum absolute atomic E-state index is 12.6. The molecule has 0 saturated carbocycles. The number of hydrogen-bond donors (Lipinski definition) is 2. The molecule has 0 saturated heterocycles. The molecule has 3 N–H and O–H groups in total. The number of nitrogens with two attached hydrogens (primary N) is 1. The van der Waals surface area contributed by atoms with Gasteiger partial charge in [-0.3, -0.25) is 9.59 Å². The number of anilines is 1. The van der Waals surface area contributed by atoms with Gasteiger partial charge in [0.25, 0.3) is 5.91 Å². The first kappa shape index (κ1) is 24.2. The van der Waals surface area contributed by atoms with Crippen LogP contribution in [-0.2, 0) is 22.5 Å². The zero-order valence-electron chi connectivity index (χ0n) is 18.2. The summed E-state index contributed by atoms with van der Waals surface area (Å²) in [5.41, 5.74) is 6.97. The summed E-state index contributed by atoms with van der Waals surface area (Å²) in [5.74, 6) is -0.932. The minimum Gasteiger partial charge on any atom is -0.465 e. The average Bonchev–Trinajstić information content (AvgIpc) is 3.33. The first-order valence-electron chi connectivity index (χ1n) is 9.86. The van der Waals surface area contributed by atoms with Crippen LogP contribution in [0.4, 0.5) is 5.00 Å². The van der Waals surface area contributed by atoms with Crippen LogP contribution in [0.15, 0.2) is 48.1 Å². The number of amides is 2. The van der Waals surface area contributed by atoms with Gasteiger partial charge in [-0.1, -0.05) is 48.2 Å². The molecular weight excluding hydrogens is 462 g/mol. The van der Waals surface area contributed by atoms with Crippen molar-refractivity contribution in [1.29, 1.82) is 0 Å². The van der Waals surface area contributed by atoms with Crippen LogP contribution in [0.5, 0.6) is 0 Å². The van der Waals surface area contributed by atoms with Gasteiger partial charge in [-0.05, 0) is 18.1 Å². The Kier molecular flexibility index (Phi) is 8.01. The summed E-state index contributed by atoms with van der Waals surface area (Å²) in [6, 6.07) is 9.89. The fourth-order valence-corrected chi connectivity index (χ4v) is 4.95. The highest BCUT2D eigenvalue weighted by atomic mass is 32.2. The average molecular weight is 486 g/mol. The summed E-state index contributed by atoms with van der Waals surface area (Å²) in [5, 5.41) is 12.0. The Morgan fingerprint density at radius 2 is 2.00 bits per heavy atom. The number of hydrogen-bond acceptors (Lipinski definition) is 8. The van der Waals surface area contributed by atoms with Gasteiger partial charge in [0, 0.05) is 13.0 Å². The summed E-state index contributed by atoms with van der Waals surface area (Å²) < 4.78 is 6.69. The highest BCUT2D eigenvalue weighted by Gasteiger charge is 2.25. The van der Waals surface area contributed by atoms with Gasteiger partial charge in [-0.2, -0.15) is 0 Å². The molecule has 3 rings (SSSR count). The van der Waals surface area contributed by atoms with E-state index in [0.717, 1.165) is 22.7 Å². The van der Waals surface area contributed by atoms with E-state index in [1.807, 2.05) is 34.9 Å². The Balaban J connectivity index is 1.74. The molecule has 2 aromatic heterocycles. The van der Waals surface area contributed by atoms with Gasteiger partial charge < -0.3 is 20.4 Å². The molecule has 0 aliphatic carbocycles. The summed E-state index contributed by atoms with van der Waals surface area (Å²) in [6.45, 7) is 5.87. The molecule has 2 amide bonds. The van der Waals surface area contributed by atoms with Crippen molar-refractivity contribution < 1.29 is 19.1 Å². The third-order valence-electron chi connectivity index (χ3n) is 4.66. The quantitative estimate of drug-likeness (QED) is 0.256. The molecule has 1 aromatic carbocycles. The SMILES string of the molecule is C=CCn1c(Cc2ccccc2)nnc1SCC(=O)Nc1sc(C(N)=O)c(C)c1C(=O)OC. The van der Waals surface area contributed by atoms with E-state index in [-0.39, 0.29) is 27.1 Å². The number of nitrogens with zero attached hydrogens (tertiary/aromatic N) is 3. The number of thiophene rings is 1. The van der Waals surface area contributed by atoms with Gasteiger partial charge in [0.15, 0.2) is 5.16 Å². The standard InChI is InChI=1S/C22H23N5O4S2/c1-4-10-27-15(11-14-8-6-5-7-9-14)25-26-22(27)32-12-16(28)24-20-17(21(30)31-3)13(2)18(33-20)19(23)29/h4-9H,1,10-12H2,2-3H3,(H2,23,29)(H,24,28). The Bertz CT molecular complexity index is 1190. The van der Waals surface area contributed by atoms with Gasteiger partial charge in [0.05, 0.1) is 23.3 Å². The second-order valence-electron chi connectivity index (χ2n) is 6.91. The van der Waals surface area contributed by atoms with Crippen molar-refractivity contribution in [2.24, 2.45) is 5.73 Å². The van der Waals surface area contributed by atoms with Crippen LogP contribution in [0, 0.1) is 6.92 Å². The topological polar surface area (TPSA) is 129 Å². The fraction of sp³-hybridized carbons (Fsp3) is 0.227. The summed E-state index contributed by atoms with van der Waals surface area (Å²) in [4.78, 5) is 36.7. The van der Waals surface area contributed by atoms with Crippen molar-refractivity contribution in [3.63, 3.8) is 0 Å². The molecule has 0 radical (unpaired) electrons. The monoisotopic (exact) mass is 485 g/mol. The molecule has 11 heteroatoms. The first-order chi connectivity index (χ1) is 15.8. The largest absolute Gasteiger partial charge is 0.465 e. The first-order valence-corrected chi connectivity index (χ1v) is 11.7. The maximum Gasteiger partial charge on any atom is 0.341 e. The van der Waals surface area contributed by atoms with Crippen molar-refractivity contribution in [1.82, 2.24) is 14.8 Å². The van der Waals surface area contributed by atoms with E-state index in [0.29, 0.717) is 23.7 Å². The molecule has 3 aromatic rings. The van der Waals surface area contributed by atoms with Crippen molar-refractivity contribution in [2.75, 3.05) is 18.2 Å².